The molecule has 2 rings (SSSR count). The van der Waals surface area contributed by atoms with Crippen molar-refractivity contribution in [1.29, 1.82) is 0 Å². The lowest BCUT2D eigenvalue weighted by atomic mass is 10.2. The van der Waals surface area contributed by atoms with Crippen LogP contribution >= 0.6 is 11.6 Å². The molecule has 0 bridgehead atoms. The van der Waals surface area contributed by atoms with Gasteiger partial charge >= 0.3 is 0 Å². The standard InChI is InChI=1S/C13H9ClFNO3/c14-11-7-10(16(17)18)6-5-9(11)8-19-13-4-2-1-3-12(13)15/h1-7H,8H2. The highest BCUT2D eigenvalue weighted by Gasteiger charge is 2.10. The number of hydrogen-bond acceptors (Lipinski definition) is 3. The Morgan fingerprint density at radius 1 is 1.26 bits per heavy atom. The summed E-state index contributed by atoms with van der Waals surface area (Å²) in [5.41, 5.74) is 0.454. The highest BCUT2D eigenvalue weighted by Crippen LogP contribution is 2.24. The van der Waals surface area contributed by atoms with Crippen LogP contribution in [0.2, 0.25) is 5.02 Å². The van der Waals surface area contributed by atoms with Gasteiger partial charge in [-0.1, -0.05) is 23.7 Å². The fraction of sp³-hybridized carbons (Fsp3) is 0.0769. The summed E-state index contributed by atoms with van der Waals surface area (Å²) in [5, 5.41) is 10.8. The Morgan fingerprint density at radius 3 is 2.63 bits per heavy atom. The molecule has 0 heterocycles. The molecule has 2 aromatic rings. The Hall–Kier alpha value is -2.14. The van der Waals surface area contributed by atoms with Crippen LogP contribution < -0.4 is 4.74 Å². The van der Waals surface area contributed by atoms with Crippen LogP contribution in [0, 0.1) is 15.9 Å². The van der Waals surface area contributed by atoms with Crippen molar-refractivity contribution < 1.29 is 14.1 Å². The summed E-state index contributed by atoms with van der Waals surface area (Å²) in [6.07, 6.45) is 0. The first-order valence-corrected chi connectivity index (χ1v) is 5.76. The molecule has 0 spiro atoms. The third-order valence-electron chi connectivity index (χ3n) is 2.47. The molecule has 0 aliphatic heterocycles. The topological polar surface area (TPSA) is 52.4 Å². The first kappa shape index (κ1) is 13.3. The molecule has 19 heavy (non-hydrogen) atoms. The lowest BCUT2D eigenvalue weighted by Gasteiger charge is -2.08. The summed E-state index contributed by atoms with van der Waals surface area (Å²) in [6.45, 7) is 0.0394. The van der Waals surface area contributed by atoms with Gasteiger partial charge in [-0.3, -0.25) is 10.1 Å². The third-order valence-corrected chi connectivity index (χ3v) is 2.82. The SMILES string of the molecule is O=[N+]([O-])c1ccc(COc2ccccc2F)c(Cl)c1. The second-order valence-electron chi connectivity index (χ2n) is 3.75. The van der Waals surface area contributed by atoms with E-state index in [0.717, 1.165) is 0 Å². The Morgan fingerprint density at radius 2 is 2.00 bits per heavy atom. The van der Waals surface area contributed by atoms with Crippen molar-refractivity contribution in [2.24, 2.45) is 0 Å². The largest absolute Gasteiger partial charge is 0.486 e. The molecule has 0 saturated heterocycles. The first-order chi connectivity index (χ1) is 9.08. The fourth-order valence-electron chi connectivity index (χ4n) is 1.48. The van der Waals surface area contributed by atoms with Gasteiger partial charge in [0, 0.05) is 17.7 Å². The summed E-state index contributed by atoms with van der Waals surface area (Å²) in [5.74, 6) is -0.363. The van der Waals surface area contributed by atoms with Crippen molar-refractivity contribution in [3.63, 3.8) is 0 Å². The number of benzene rings is 2. The van der Waals surface area contributed by atoms with Gasteiger partial charge in [0.05, 0.1) is 9.95 Å². The normalized spacial score (nSPS) is 10.2. The lowest BCUT2D eigenvalue weighted by Crippen LogP contribution is -1.98. The Balaban J connectivity index is 2.12. The maximum atomic E-state index is 13.3. The van der Waals surface area contributed by atoms with E-state index >= 15 is 0 Å². The number of halogens is 2. The van der Waals surface area contributed by atoms with E-state index in [1.54, 1.807) is 12.1 Å². The zero-order valence-corrected chi connectivity index (χ0v) is 10.4. The maximum Gasteiger partial charge on any atom is 0.270 e. The first-order valence-electron chi connectivity index (χ1n) is 5.38. The van der Waals surface area contributed by atoms with E-state index in [4.69, 9.17) is 16.3 Å². The van der Waals surface area contributed by atoms with Gasteiger partial charge in [0.2, 0.25) is 0 Å². The van der Waals surface area contributed by atoms with Gasteiger partial charge in [-0.05, 0) is 18.2 Å². The second kappa shape index (κ2) is 5.67. The summed E-state index contributed by atoms with van der Waals surface area (Å²) in [4.78, 5) is 10.0. The summed E-state index contributed by atoms with van der Waals surface area (Å²) in [7, 11) is 0. The number of nitro benzene ring substituents is 1. The number of hydrogen-bond donors (Lipinski definition) is 0. The van der Waals surface area contributed by atoms with E-state index in [-0.39, 0.29) is 23.1 Å². The summed E-state index contributed by atoms with van der Waals surface area (Å²) >= 11 is 5.90. The van der Waals surface area contributed by atoms with Crippen molar-refractivity contribution in [2.45, 2.75) is 6.61 Å². The van der Waals surface area contributed by atoms with Gasteiger partial charge in [-0.25, -0.2) is 4.39 Å². The molecule has 0 atom stereocenters. The van der Waals surface area contributed by atoms with E-state index in [2.05, 4.69) is 0 Å². The minimum absolute atomic E-state index is 0.0394. The number of nitro groups is 1. The van der Waals surface area contributed by atoms with E-state index in [1.165, 1.54) is 30.3 Å². The van der Waals surface area contributed by atoms with Crippen LogP contribution in [-0.2, 0) is 6.61 Å². The molecule has 6 heteroatoms. The molecule has 0 aromatic heterocycles. The average Bonchev–Trinajstić information content (AvgIpc) is 2.39. The molecule has 4 nitrogen and oxygen atoms in total. The van der Waals surface area contributed by atoms with Crippen LogP contribution in [0.1, 0.15) is 5.56 Å². The average molecular weight is 282 g/mol. The fourth-order valence-corrected chi connectivity index (χ4v) is 1.71. The molecule has 0 saturated carbocycles. The van der Waals surface area contributed by atoms with Crippen LogP contribution in [0.5, 0.6) is 5.75 Å². The molecule has 0 amide bonds. The van der Waals surface area contributed by atoms with Crippen LogP contribution in [0.3, 0.4) is 0 Å². The van der Waals surface area contributed by atoms with Gasteiger partial charge < -0.3 is 4.74 Å². The van der Waals surface area contributed by atoms with Gasteiger partial charge in [0.15, 0.2) is 11.6 Å². The summed E-state index contributed by atoms with van der Waals surface area (Å²) < 4.78 is 18.6. The molecular weight excluding hydrogens is 273 g/mol. The predicted octanol–water partition coefficient (Wildman–Crippen LogP) is 3.97. The highest BCUT2D eigenvalue weighted by atomic mass is 35.5. The van der Waals surface area contributed by atoms with Gasteiger partial charge in [0.25, 0.3) is 5.69 Å². The zero-order chi connectivity index (χ0) is 13.8. The van der Waals surface area contributed by atoms with Crippen LogP contribution in [0.4, 0.5) is 10.1 Å². The van der Waals surface area contributed by atoms with E-state index in [0.29, 0.717) is 5.56 Å². The highest BCUT2D eigenvalue weighted by molar-refractivity contribution is 6.31. The van der Waals surface area contributed by atoms with Gasteiger partial charge in [-0.15, -0.1) is 0 Å². The van der Waals surface area contributed by atoms with Crippen LogP contribution in [0.15, 0.2) is 42.5 Å². The van der Waals surface area contributed by atoms with Crippen molar-refractivity contribution in [1.82, 2.24) is 0 Å². The van der Waals surface area contributed by atoms with Crippen molar-refractivity contribution in [3.05, 3.63) is 69.0 Å². The van der Waals surface area contributed by atoms with E-state index < -0.39 is 10.7 Å². The Bertz CT molecular complexity index is 619. The minimum atomic E-state index is -0.534. The van der Waals surface area contributed by atoms with E-state index in [9.17, 15) is 14.5 Å². The molecule has 2 aromatic carbocycles. The molecule has 0 fully saturated rings. The number of para-hydroxylation sites is 1. The number of non-ortho nitro benzene ring substituents is 1. The smallest absolute Gasteiger partial charge is 0.270 e. The Kier molecular flexibility index (Phi) is 3.97. The molecule has 0 aliphatic carbocycles. The minimum Gasteiger partial charge on any atom is -0.486 e. The van der Waals surface area contributed by atoms with E-state index in [1.807, 2.05) is 0 Å². The molecule has 0 radical (unpaired) electrons. The predicted molar refractivity (Wildman–Crippen MR) is 68.8 cm³/mol. The molecule has 0 N–H and O–H groups in total. The quantitative estimate of drug-likeness (QED) is 0.629. The molecule has 0 unspecified atom stereocenters. The molecular formula is C13H9ClFNO3. The van der Waals surface area contributed by atoms with Crippen molar-refractivity contribution >= 4 is 17.3 Å². The van der Waals surface area contributed by atoms with Gasteiger partial charge in [-0.2, -0.15) is 0 Å². The van der Waals surface area contributed by atoms with Crippen LogP contribution in [-0.4, -0.2) is 4.92 Å². The maximum absolute atomic E-state index is 13.3. The summed E-state index contributed by atoms with van der Waals surface area (Å²) in [6, 6.07) is 10.0. The van der Waals surface area contributed by atoms with Crippen LogP contribution in [0.25, 0.3) is 0 Å². The molecule has 0 aliphatic rings. The lowest BCUT2D eigenvalue weighted by molar-refractivity contribution is -0.384. The number of ether oxygens (including phenoxy) is 1. The van der Waals surface area contributed by atoms with Gasteiger partial charge in [0.1, 0.15) is 6.61 Å². The number of rotatable bonds is 4. The Labute approximate surface area is 113 Å². The molecule has 98 valence electrons. The second-order valence-corrected chi connectivity index (χ2v) is 4.16. The zero-order valence-electron chi connectivity index (χ0n) is 9.68. The monoisotopic (exact) mass is 281 g/mol. The van der Waals surface area contributed by atoms with Crippen molar-refractivity contribution in [3.8, 4) is 5.75 Å². The third kappa shape index (κ3) is 3.20. The van der Waals surface area contributed by atoms with Crippen molar-refractivity contribution in [2.75, 3.05) is 0 Å². The number of nitrogens with zero attached hydrogens (tertiary/aromatic N) is 1.